The number of carbonyl (C=O) groups excluding carboxylic acids is 2. The van der Waals surface area contributed by atoms with Gasteiger partial charge >= 0.3 is 0 Å². The molecular weight excluding hydrogens is 370 g/mol. The van der Waals surface area contributed by atoms with Gasteiger partial charge in [-0.1, -0.05) is 66.7 Å². The highest BCUT2D eigenvalue weighted by Crippen LogP contribution is 2.43. The number of nitrogens with zero attached hydrogens (tertiary/aromatic N) is 1. The molecule has 0 fully saturated rings. The predicted octanol–water partition coefficient (Wildman–Crippen LogP) is 3.93. The normalized spacial score (nSPS) is 20.8. The van der Waals surface area contributed by atoms with E-state index >= 15 is 0 Å². The highest BCUT2D eigenvalue weighted by Gasteiger charge is 2.49. The highest BCUT2D eigenvalue weighted by molar-refractivity contribution is 6.27. The Morgan fingerprint density at radius 2 is 1.52 bits per heavy atom. The molecule has 142 valence electrons. The third-order valence-electron chi connectivity index (χ3n) is 5.64. The monoisotopic (exact) mass is 385 g/mol. The molecule has 6 nitrogen and oxygen atoms in total. The molecule has 0 saturated carbocycles. The van der Waals surface area contributed by atoms with E-state index in [-0.39, 0.29) is 34.8 Å². The lowest BCUT2D eigenvalue weighted by atomic mass is 9.74. The first-order chi connectivity index (χ1) is 14.1. The zero-order valence-corrected chi connectivity index (χ0v) is 15.2. The number of allylic oxidation sites excluding steroid dienone is 1. The molecule has 0 saturated heterocycles. The quantitative estimate of drug-likeness (QED) is 0.493. The number of carbonyl (C=O) groups is 2. The molecule has 0 aromatic heterocycles. The van der Waals surface area contributed by atoms with Crippen LogP contribution in [0.4, 0.5) is 0 Å². The van der Waals surface area contributed by atoms with Gasteiger partial charge in [0.25, 0.3) is 6.04 Å². The van der Waals surface area contributed by atoms with Crippen molar-refractivity contribution in [2.45, 2.75) is 12.0 Å². The molecule has 0 amide bonds. The Morgan fingerprint density at radius 1 is 0.862 bits per heavy atom. The Kier molecular flexibility index (Phi) is 3.81. The van der Waals surface area contributed by atoms with Gasteiger partial charge < -0.3 is 4.74 Å². The topological polar surface area (TPSA) is 86.5 Å². The van der Waals surface area contributed by atoms with Crippen molar-refractivity contribution in [1.82, 2.24) is 0 Å². The van der Waals surface area contributed by atoms with E-state index in [4.69, 9.17) is 4.74 Å². The molecule has 2 atom stereocenters. The van der Waals surface area contributed by atoms with Gasteiger partial charge in [-0.05, 0) is 16.3 Å². The van der Waals surface area contributed by atoms with Crippen molar-refractivity contribution in [1.29, 1.82) is 0 Å². The molecule has 5 rings (SSSR count). The van der Waals surface area contributed by atoms with E-state index in [1.54, 1.807) is 30.3 Å². The van der Waals surface area contributed by atoms with Crippen molar-refractivity contribution in [3.05, 3.63) is 105 Å². The van der Waals surface area contributed by atoms with Crippen molar-refractivity contribution >= 4 is 22.3 Å². The molecule has 3 aromatic rings. The minimum Gasteiger partial charge on any atom is -0.482 e. The lowest BCUT2D eigenvalue weighted by Crippen LogP contribution is -2.42. The van der Waals surface area contributed by atoms with Gasteiger partial charge in [-0.25, -0.2) is 0 Å². The van der Waals surface area contributed by atoms with Crippen LogP contribution in [0.1, 0.15) is 32.2 Å². The third kappa shape index (κ3) is 2.49. The molecule has 0 unspecified atom stereocenters. The van der Waals surface area contributed by atoms with Crippen LogP contribution in [0.25, 0.3) is 10.8 Å². The van der Waals surface area contributed by atoms with Crippen LogP contribution in [0.2, 0.25) is 0 Å². The maximum Gasteiger partial charge on any atom is 0.257 e. The Morgan fingerprint density at radius 3 is 2.28 bits per heavy atom. The first-order valence-electron chi connectivity index (χ1n) is 9.24. The van der Waals surface area contributed by atoms with E-state index < -0.39 is 22.7 Å². The number of Topliss-reactive ketones (excluding diaryl/α,β-unsaturated/α-hetero) is 2. The van der Waals surface area contributed by atoms with Crippen LogP contribution in [0.3, 0.4) is 0 Å². The molecule has 0 N–H and O–H groups in total. The maximum absolute atomic E-state index is 13.4. The first kappa shape index (κ1) is 17.3. The summed E-state index contributed by atoms with van der Waals surface area (Å²) in [5, 5.41) is 13.6. The van der Waals surface area contributed by atoms with Crippen molar-refractivity contribution in [3.8, 4) is 0 Å². The van der Waals surface area contributed by atoms with Crippen LogP contribution in [-0.4, -0.2) is 29.1 Å². The molecule has 29 heavy (non-hydrogen) atoms. The number of nitro groups is 1. The second-order valence-corrected chi connectivity index (χ2v) is 7.16. The zero-order valence-electron chi connectivity index (χ0n) is 15.2. The second-order valence-electron chi connectivity index (χ2n) is 7.16. The minimum absolute atomic E-state index is 0.0651. The smallest absolute Gasteiger partial charge is 0.257 e. The standard InChI is InChI=1S/C23H15NO5/c25-21-16-9-3-4-10-17(16)22(26)23-20(21)19(18(12-29-23)24(27)28)15-11-5-7-13-6-1-2-8-14(13)15/h1-11,18-19H,12H2/t18-,19+/m0/s1. The van der Waals surface area contributed by atoms with Gasteiger partial charge in [0, 0.05) is 16.1 Å². The summed E-state index contributed by atoms with van der Waals surface area (Å²) >= 11 is 0. The largest absolute Gasteiger partial charge is 0.482 e. The van der Waals surface area contributed by atoms with Crippen LogP contribution < -0.4 is 0 Å². The Balaban J connectivity index is 1.79. The van der Waals surface area contributed by atoms with E-state index in [9.17, 15) is 19.7 Å². The van der Waals surface area contributed by atoms with Crippen LogP contribution in [0.15, 0.2) is 78.1 Å². The van der Waals surface area contributed by atoms with E-state index in [0.717, 1.165) is 10.8 Å². The minimum atomic E-state index is -1.17. The molecule has 0 radical (unpaired) electrons. The van der Waals surface area contributed by atoms with Gasteiger partial charge in [-0.15, -0.1) is 0 Å². The van der Waals surface area contributed by atoms with Crippen LogP contribution in [0.5, 0.6) is 0 Å². The van der Waals surface area contributed by atoms with Crippen molar-refractivity contribution < 1.29 is 19.2 Å². The Hall–Kier alpha value is -3.80. The summed E-state index contributed by atoms with van der Waals surface area (Å²) in [5.74, 6) is -1.73. The van der Waals surface area contributed by atoms with Crippen molar-refractivity contribution in [2.24, 2.45) is 0 Å². The zero-order chi connectivity index (χ0) is 20.1. The SMILES string of the molecule is O=C1C2=C(C(=O)c3ccccc31)[C@H](c1cccc3ccccc13)[C@@H]([N+](=O)[O-])CO2. The highest BCUT2D eigenvalue weighted by atomic mass is 16.6. The number of benzene rings is 3. The molecule has 1 aliphatic heterocycles. The van der Waals surface area contributed by atoms with Gasteiger partial charge in [0.05, 0.1) is 11.5 Å². The average molecular weight is 385 g/mol. The van der Waals surface area contributed by atoms with Crippen molar-refractivity contribution in [2.75, 3.05) is 6.61 Å². The van der Waals surface area contributed by atoms with Crippen LogP contribution >= 0.6 is 0 Å². The summed E-state index contributed by atoms with van der Waals surface area (Å²) in [4.78, 5) is 37.8. The molecule has 1 heterocycles. The van der Waals surface area contributed by atoms with Crippen LogP contribution in [-0.2, 0) is 4.74 Å². The summed E-state index contributed by atoms with van der Waals surface area (Å²) in [7, 11) is 0. The van der Waals surface area contributed by atoms with E-state index in [0.29, 0.717) is 5.56 Å². The predicted molar refractivity (Wildman–Crippen MR) is 106 cm³/mol. The number of fused-ring (bicyclic) bond motifs is 2. The summed E-state index contributed by atoms with van der Waals surface area (Å²) in [5.41, 5.74) is 1.26. The molecule has 0 bridgehead atoms. The summed E-state index contributed by atoms with van der Waals surface area (Å²) in [6.45, 7) is -0.263. The summed E-state index contributed by atoms with van der Waals surface area (Å²) < 4.78 is 5.53. The Labute approximate surface area is 165 Å². The van der Waals surface area contributed by atoms with E-state index in [1.165, 1.54) is 0 Å². The van der Waals surface area contributed by atoms with Crippen LogP contribution in [0, 0.1) is 10.1 Å². The van der Waals surface area contributed by atoms with Gasteiger partial charge in [-0.2, -0.15) is 0 Å². The average Bonchev–Trinajstić information content (AvgIpc) is 2.76. The summed E-state index contributed by atoms with van der Waals surface area (Å²) in [6, 6.07) is 18.4. The lowest BCUT2D eigenvalue weighted by molar-refractivity contribution is -0.529. The van der Waals surface area contributed by atoms with Crippen molar-refractivity contribution in [3.63, 3.8) is 0 Å². The van der Waals surface area contributed by atoms with Gasteiger partial charge in [-0.3, -0.25) is 19.7 Å². The number of rotatable bonds is 2. The third-order valence-corrected chi connectivity index (χ3v) is 5.64. The summed E-state index contributed by atoms with van der Waals surface area (Å²) in [6.07, 6.45) is 0. The molecule has 6 heteroatoms. The molecule has 2 aliphatic rings. The number of hydrogen-bond donors (Lipinski definition) is 0. The number of ketones is 2. The van der Waals surface area contributed by atoms with E-state index in [2.05, 4.69) is 0 Å². The fourth-order valence-corrected chi connectivity index (χ4v) is 4.32. The van der Waals surface area contributed by atoms with Gasteiger partial charge in [0.1, 0.15) is 0 Å². The van der Waals surface area contributed by atoms with E-state index in [1.807, 2.05) is 36.4 Å². The molecular formula is C23H15NO5. The van der Waals surface area contributed by atoms with Gasteiger partial charge in [0.2, 0.25) is 5.78 Å². The maximum atomic E-state index is 13.4. The fraction of sp³-hybridized carbons (Fsp3) is 0.130. The first-order valence-corrected chi connectivity index (χ1v) is 9.24. The molecule has 3 aromatic carbocycles. The second kappa shape index (κ2) is 6.38. The number of hydrogen-bond acceptors (Lipinski definition) is 5. The lowest BCUT2D eigenvalue weighted by Gasteiger charge is -2.33. The molecule has 1 aliphatic carbocycles. The fourth-order valence-electron chi connectivity index (χ4n) is 4.32. The van der Waals surface area contributed by atoms with Gasteiger partial charge in [0.15, 0.2) is 18.1 Å². The Bertz CT molecular complexity index is 1240. The number of ether oxygens (including phenoxy) is 1. The molecule has 0 spiro atoms.